The maximum atomic E-state index is 12.6. The van der Waals surface area contributed by atoms with Crippen molar-refractivity contribution < 1.29 is 4.79 Å². The molecule has 0 aliphatic carbocycles. The van der Waals surface area contributed by atoms with E-state index in [0.717, 1.165) is 18.6 Å². The van der Waals surface area contributed by atoms with Crippen molar-refractivity contribution in [2.24, 2.45) is 11.8 Å². The summed E-state index contributed by atoms with van der Waals surface area (Å²) >= 11 is 5.31. The number of hydrogen-bond donors (Lipinski definition) is 1. The molecular weight excluding hydrogens is 334 g/mol. The zero-order valence-corrected chi connectivity index (χ0v) is 15.6. The fourth-order valence-corrected chi connectivity index (χ4v) is 4.10. The molecule has 0 bridgehead atoms. The monoisotopic (exact) mass is 359 g/mol. The minimum atomic E-state index is -0.0907. The van der Waals surface area contributed by atoms with E-state index in [1.54, 1.807) is 10.6 Å². The first kappa shape index (κ1) is 17.9. The Hall–Kier alpha value is -1.95. The van der Waals surface area contributed by atoms with Gasteiger partial charge < -0.3 is 9.88 Å². The van der Waals surface area contributed by atoms with Crippen molar-refractivity contribution in [3.05, 3.63) is 39.4 Å². The number of H-pyrrole nitrogens is 1. The summed E-state index contributed by atoms with van der Waals surface area (Å²) in [6.45, 7) is 6.55. The van der Waals surface area contributed by atoms with Crippen LogP contribution >= 0.6 is 12.2 Å². The number of piperidine rings is 1. The van der Waals surface area contributed by atoms with Crippen LogP contribution in [0.2, 0.25) is 0 Å². The number of aromatic nitrogens is 2. The van der Waals surface area contributed by atoms with Gasteiger partial charge in [0.05, 0.1) is 10.9 Å². The van der Waals surface area contributed by atoms with E-state index in [1.807, 2.05) is 23.1 Å². The Balaban J connectivity index is 1.66. The second kappa shape index (κ2) is 7.52. The molecule has 1 saturated heterocycles. The van der Waals surface area contributed by atoms with Gasteiger partial charge in [-0.1, -0.05) is 26.0 Å². The van der Waals surface area contributed by atoms with E-state index in [0.29, 0.717) is 41.4 Å². The molecule has 1 aliphatic heterocycles. The summed E-state index contributed by atoms with van der Waals surface area (Å²) in [5, 5.41) is 0.626. The number of nitrogens with zero attached hydrogens (tertiary/aromatic N) is 2. The van der Waals surface area contributed by atoms with Crippen LogP contribution in [0, 0.1) is 16.6 Å². The molecule has 0 spiro atoms. The third-order valence-electron chi connectivity index (χ3n) is 4.88. The van der Waals surface area contributed by atoms with E-state index in [9.17, 15) is 9.59 Å². The molecule has 2 heterocycles. The minimum Gasteiger partial charge on any atom is -0.342 e. The number of rotatable bonds is 4. The van der Waals surface area contributed by atoms with Crippen LogP contribution < -0.4 is 5.56 Å². The number of nitrogens with one attached hydrogen (secondary N) is 1. The average Bonchev–Trinajstić information content (AvgIpc) is 2.56. The molecule has 2 atom stereocenters. The van der Waals surface area contributed by atoms with Crippen molar-refractivity contribution in [2.45, 2.75) is 39.7 Å². The molecule has 1 amide bonds. The number of amides is 1. The lowest BCUT2D eigenvalue weighted by Gasteiger charge is -2.35. The van der Waals surface area contributed by atoms with Crippen LogP contribution in [0.5, 0.6) is 0 Å². The highest BCUT2D eigenvalue weighted by Crippen LogP contribution is 2.21. The number of likely N-dealkylation sites (tertiary alicyclic amines) is 1. The number of para-hydroxylation sites is 1. The predicted molar refractivity (Wildman–Crippen MR) is 102 cm³/mol. The number of hydrogen-bond acceptors (Lipinski definition) is 3. The Kier molecular flexibility index (Phi) is 5.37. The van der Waals surface area contributed by atoms with Gasteiger partial charge in [0, 0.05) is 26.1 Å². The lowest BCUT2D eigenvalue weighted by atomic mass is 9.91. The molecule has 6 heteroatoms. The van der Waals surface area contributed by atoms with Crippen LogP contribution in [-0.4, -0.2) is 33.4 Å². The highest BCUT2D eigenvalue weighted by atomic mass is 32.1. The van der Waals surface area contributed by atoms with Gasteiger partial charge in [-0.2, -0.15) is 0 Å². The van der Waals surface area contributed by atoms with Crippen LogP contribution in [0.25, 0.3) is 10.9 Å². The topological polar surface area (TPSA) is 58.1 Å². The molecule has 3 rings (SSSR count). The number of carbonyl (C=O) groups excluding carboxylic acids is 1. The molecule has 2 aromatic rings. The number of fused-ring (bicyclic) bond motifs is 1. The second-order valence-corrected chi connectivity index (χ2v) is 7.67. The Labute approximate surface area is 152 Å². The number of benzene rings is 1. The zero-order chi connectivity index (χ0) is 18.0. The van der Waals surface area contributed by atoms with E-state index in [1.165, 1.54) is 6.42 Å². The summed E-state index contributed by atoms with van der Waals surface area (Å²) in [5.41, 5.74) is 0.660. The van der Waals surface area contributed by atoms with E-state index >= 15 is 0 Å². The predicted octanol–water partition coefficient (Wildman–Crippen LogP) is 3.34. The lowest BCUT2D eigenvalue weighted by molar-refractivity contribution is -0.134. The van der Waals surface area contributed by atoms with Gasteiger partial charge in [0.2, 0.25) is 5.91 Å². The fraction of sp³-hybridized carbons (Fsp3) is 0.526. The summed E-state index contributed by atoms with van der Waals surface area (Å²) in [6.07, 6.45) is 2.26. The average molecular weight is 359 g/mol. The molecule has 5 nitrogen and oxygen atoms in total. The summed E-state index contributed by atoms with van der Waals surface area (Å²) in [4.78, 5) is 30.1. The first-order valence-electron chi connectivity index (χ1n) is 8.95. The van der Waals surface area contributed by atoms with Crippen molar-refractivity contribution in [3.8, 4) is 0 Å². The van der Waals surface area contributed by atoms with Crippen LogP contribution in [0.15, 0.2) is 29.1 Å². The molecule has 134 valence electrons. The normalized spacial score (nSPS) is 20.8. The largest absolute Gasteiger partial charge is 0.342 e. The smallest absolute Gasteiger partial charge is 0.262 e. The van der Waals surface area contributed by atoms with E-state index < -0.39 is 0 Å². The van der Waals surface area contributed by atoms with Crippen LogP contribution in [0.1, 0.15) is 33.1 Å². The zero-order valence-electron chi connectivity index (χ0n) is 14.8. The van der Waals surface area contributed by atoms with Crippen molar-refractivity contribution in [1.82, 2.24) is 14.5 Å². The molecule has 0 radical (unpaired) electrons. The summed E-state index contributed by atoms with van der Waals surface area (Å²) in [6, 6.07) is 7.35. The SMILES string of the molecule is C[C@@H]1C[C@@H](C)CN(C(=O)CCCn2c(=S)[nH]c3ccccc3c2=O)C1. The van der Waals surface area contributed by atoms with E-state index in [2.05, 4.69) is 18.8 Å². The van der Waals surface area contributed by atoms with E-state index in [-0.39, 0.29) is 11.5 Å². The van der Waals surface area contributed by atoms with Gasteiger partial charge in [-0.15, -0.1) is 0 Å². The van der Waals surface area contributed by atoms with Crippen LogP contribution in [0.3, 0.4) is 0 Å². The quantitative estimate of drug-likeness (QED) is 0.852. The van der Waals surface area contributed by atoms with Gasteiger partial charge in [0.15, 0.2) is 4.77 Å². The third-order valence-corrected chi connectivity index (χ3v) is 5.21. The molecule has 25 heavy (non-hydrogen) atoms. The van der Waals surface area contributed by atoms with Gasteiger partial charge in [-0.3, -0.25) is 14.2 Å². The molecular formula is C19H25N3O2S. The van der Waals surface area contributed by atoms with Crippen molar-refractivity contribution in [3.63, 3.8) is 0 Å². The molecule has 1 aromatic carbocycles. The molecule has 1 aromatic heterocycles. The molecule has 1 aliphatic rings. The molecule has 1 N–H and O–H groups in total. The van der Waals surface area contributed by atoms with Crippen molar-refractivity contribution >= 4 is 29.0 Å². The van der Waals surface area contributed by atoms with Gasteiger partial charge in [-0.25, -0.2) is 0 Å². The lowest BCUT2D eigenvalue weighted by Crippen LogP contribution is -2.42. The molecule has 0 unspecified atom stereocenters. The maximum absolute atomic E-state index is 12.6. The first-order valence-corrected chi connectivity index (χ1v) is 9.36. The Morgan fingerprint density at radius 1 is 1.24 bits per heavy atom. The molecule has 0 saturated carbocycles. The molecule has 1 fully saturated rings. The van der Waals surface area contributed by atoms with Gasteiger partial charge >= 0.3 is 0 Å². The van der Waals surface area contributed by atoms with Crippen molar-refractivity contribution in [1.29, 1.82) is 0 Å². The van der Waals surface area contributed by atoms with Crippen LogP contribution in [0.4, 0.5) is 0 Å². The standard InChI is InChI=1S/C19H25N3O2S/c1-13-10-14(2)12-21(11-13)17(23)8-5-9-22-18(24)15-6-3-4-7-16(15)20-19(22)25/h3-4,6-7,13-14H,5,8-12H2,1-2H3,(H,20,25)/t13-,14-/m1/s1. The first-order chi connectivity index (χ1) is 12.0. The van der Waals surface area contributed by atoms with Gasteiger partial charge in [0.25, 0.3) is 5.56 Å². The van der Waals surface area contributed by atoms with Crippen LogP contribution in [-0.2, 0) is 11.3 Å². The van der Waals surface area contributed by atoms with E-state index in [4.69, 9.17) is 12.2 Å². The Morgan fingerprint density at radius 3 is 2.64 bits per heavy atom. The third kappa shape index (κ3) is 4.00. The number of aromatic amines is 1. The summed E-state index contributed by atoms with van der Waals surface area (Å²) in [5.74, 6) is 1.30. The minimum absolute atomic E-state index is 0.0907. The fourth-order valence-electron chi connectivity index (χ4n) is 3.82. The Bertz CT molecular complexity index is 876. The van der Waals surface area contributed by atoms with Crippen molar-refractivity contribution in [2.75, 3.05) is 13.1 Å². The maximum Gasteiger partial charge on any atom is 0.262 e. The number of carbonyl (C=O) groups is 1. The summed E-state index contributed by atoms with van der Waals surface area (Å²) < 4.78 is 1.98. The highest BCUT2D eigenvalue weighted by molar-refractivity contribution is 7.71. The second-order valence-electron chi connectivity index (χ2n) is 7.28. The Morgan fingerprint density at radius 2 is 1.92 bits per heavy atom. The highest BCUT2D eigenvalue weighted by Gasteiger charge is 2.24. The van der Waals surface area contributed by atoms with Gasteiger partial charge in [0.1, 0.15) is 0 Å². The summed E-state index contributed by atoms with van der Waals surface area (Å²) in [7, 11) is 0. The van der Waals surface area contributed by atoms with Gasteiger partial charge in [-0.05, 0) is 49.0 Å².